The lowest BCUT2D eigenvalue weighted by Crippen LogP contribution is -2.41. The minimum absolute atomic E-state index is 0.0529. The molecule has 0 saturated heterocycles. The first-order valence-corrected chi connectivity index (χ1v) is 7.54. The summed E-state index contributed by atoms with van der Waals surface area (Å²) in [6.07, 6.45) is 1.40. The van der Waals surface area contributed by atoms with Gasteiger partial charge in [-0.25, -0.2) is 8.42 Å². The molecule has 3 N–H and O–H groups in total. The van der Waals surface area contributed by atoms with Gasteiger partial charge in [-0.15, -0.1) is 4.83 Å². The maximum atomic E-state index is 11.9. The Morgan fingerprint density at radius 1 is 1.20 bits per heavy atom. The van der Waals surface area contributed by atoms with Gasteiger partial charge in [0.25, 0.3) is 15.9 Å². The summed E-state index contributed by atoms with van der Waals surface area (Å²) in [5.41, 5.74) is 2.17. The van der Waals surface area contributed by atoms with Crippen molar-refractivity contribution in [1.82, 2.24) is 15.2 Å². The molecule has 0 aliphatic rings. The number of sulfonamides is 1. The lowest BCUT2D eigenvalue weighted by Gasteiger charge is -2.08. The monoisotopic (exact) mass is 333 g/mol. The number of hydrazine groups is 1. The van der Waals surface area contributed by atoms with Gasteiger partial charge in [0, 0.05) is 6.20 Å². The van der Waals surface area contributed by atoms with E-state index in [0.29, 0.717) is 5.02 Å². The van der Waals surface area contributed by atoms with Crippen molar-refractivity contribution < 1.29 is 13.2 Å². The highest BCUT2D eigenvalue weighted by Gasteiger charge is 2.18. The number of amides is 1. The molecule has 20 heavy (non-hydrogen) atoms. The van der Waals surface area contributed by atoms with Crippen molar-refractivity contribution in [3.05, 3.63) is 52.3 Å². The summed E-state index contributed by atoms with van der Waals surface area (Å²) in [6, 6.07) is 7.24. The molecule has 0 fully saturated rings. The second-order valence-electron chi connectivity index (χ2n) is 3.72. The van der Waals surface area contributed by atoms with Gasteiger partial charge in [0.1, 0.15) is 10.6 Å². The third-order valence-electron chi connectivity index (χ3n) is 2.32. The summed E-state index contributed by atoms with van der Waals surface area (Å²) in [4.78, 5) is 16.1. The van der Waals surface area contributed by atoms with Crippen molar-refractivity contribution in [3.63, 3.8) is 0 Å². The van der Waals surface area contributed by atoms with E-state index >= 15 is 0 Å². The molecule has 0 saturated carbocycles. The molecule has 0 aliphatic heterocycles. The molecule has 2 rings (SSSR count). The van der Waals surface area contributed by atoms with Gasteiger partial charge in [0.05, 0.1) is 10.0 Å². The van der Waals surface area contributed by atoms with Crippen LogP contribution in [0.2, 0.25) is 10.0 Å². The van der Waals surface area contributed by atoms with Gasteiger partial charge >= 0.3 is 0 Å². The Morgan fingerprint density at radius 2 is 1.90 bits per heavy atom. The molecule has 0 bridgehead atoms. The summed E-state index contributed by atoms with van der Waals surface area (Å²) in [6.45, 7) is 0. The van der Waals surface area contributed by atoms with E-state index in [1.54, 1.807) is 6.07 Å². The Balaban J connectivity index is 2.10. The smallest absolute Gasteiger partial charge is 0.282 e. The molecule has 0 atom stereocenters. The fourth-order valence-corrected chi connectivity index (χ4v) is 2.92. The third-order valence-corrected chi connectivity index (χ3v) is 4.28. The van der Waals surface area contributed by atoms with Gasteiger partial charge in [-0.3, -0.25) is 10.2 Å². The molecule has 0 aliphatic carbocycles. The van der Waals surface area contributed by atoms with Gasteiger partial charge in [0.2, 0.25) is 0 Å². The molecule has 106 valence electrons. The van der Waals surface area contributed by atoms with Crippen LogP contribution in [0.25, 0.3) is 0 Å². The summed E-state index contributed by atoms with van der Waals surface area (Å²) in [5, 5.41) is 0.390. The van der Waals surface area contributed by atoms with Crippen molar-refractivity contribution >= 4 is 39.1 Å². The molecule has 0 spiro atoms. The van der Waals surface area contributed by atoms with Crippen molar-refractivity contribution in [1.29, 1.82) is 0 Å². The number of aromatic nitrogens is 1. The number of halogens is 2. The van der Waals surface area contributed by atoms with E-state index in [0.717, 1.165) is 0 Å². The Morgan fingerprint density at radius 3 is 2.50 bits per heavy atom. The van der Waals surface area contributed by atoms with Crippen LogP contribution in [0.5, 0.6) is 0 Å². The van der Waals surface area contributed by atoms with Crippen LogP contribution in [0.1, 0.15) is 10.5 Å². The zero-order valence-corrected chi connectivity index (χ0v) is 12.2. The molecule has 1 aromatic carbocycles. The molecule has 9 heteroatoms. The molecular weight excluding hydrogens is 325 g/mol. The number of hydrogen-bond donors (Lipinski definition) is 3. The number of carbonyl (C=O) groups is 1. The number of rotatable bonds is 4. The lowest BCUT2D eigenvalue weighted by atomic mass is 10.4. The van der Waals surface area contributed by atoms with Crippen LogP contribution in [-0.4, -0.2) is 19.3 Å². The van der Waals surface area contributed by atoms with Crippen LogP contribution < -0.4 is 10.3 Å². The quantitative estimate of drug-likeness (QED) is 0.747. The van der Waals surface area contributed by atoms with Crippen LogP contribution in [0.15, 0.2) is 41.4 Å². The maximum absolute atomic E-state index is 11.9. The summed E-state index contributed by atoms with van der Waals surface area (Å²) in [5.74, 6) is -0.674. The first-order valence-electron chi connectivity index (χ1n) is 5.31. The highest BCUT2D eigenvalue weighted by atomic mass is 35.5. The van der Waals surface area contributed by atoms with Gasteiger partial charge < -0.3 is 4.98 Å². The zero-order valence-electron chi connectivity index (χ0n) is 9.85. The molecule has 1 amide bonds. The Hall–Kier alpha value is -1.54. The average Bonchev–Trinajstić information content (AvgIpc) is 2.83. The molecule has 0 unspecified atom stereocenters. The molecule has 1 heterocycles. The second kappa shape index (κ2) is 5.84. The van der Waals surface area contributed by atoms with Gasteiger partial charge in [-0.1, -0.05) is 35.3 Å². The molecular formula is C11H9Cl2N3O3S. The standard InChI is InChI=1S/C11H9Cl2N3O3S/c12-7-5-9(14-6-7)11(17)15-16-20(18,19)10-4-2-1-3-8(10)13/h1-6,14,16H,(H,15,17). The van der Waals surface area contributed by atoms with Gasteiger partial charge in [-0.2, -0.15) is 0 Å². The van der Waals surface area contributed by atoms with Crippen molar-refractivity contribution in [3.8, 4) is 0 Å². The minimum Gasteiger partial charge on any atom is -0.356 e. The maximum Gasteiger partial charge on any atom is 0.282 e. The van der Waals surface area contributed by atoms with Crippen LogP contribution >= 0.6 is 23.2 Å². The minimum atomic E-state index is -3.95. The predicted octanol–water partition coefficient (Wildman–Crippen LogP) is 1.94. The topological polar surface area (TPSA) is 91.1 Å². The van der Waals surface area contributed by atoms with Crippen LogP contribution in [0.3, 0.4) is 0 Å². The highest BCUT2D eigenvalue weighted by Crippen LogP contribution is 2.19. The van der Waals surface area contributed by atoms with Gasteiger partial charge in [-0.05, 0) is 18.2 Å². The summed E-state index contributed by atoms with van der Waals surface area (Å²) < 4.78 is 23.9. The molecule has 6 nitrogen and oxygen atoms in total. The number of hydrogen-bond acceptors (Lipinski definition) is 3. The summed E-state index contributed by atoms with van der Waals surface area (Å²) in [7, 11) is -3.95. The summed E-state index contributed by atoms with van der Waals surface area (Å²) >= 11 is 11.4. The van der Waals surface area contributed by atoms with Crippen LogP contribution in [0.4, 0.5) is 0 Å². The fraction of sp³-hybridized carbons (Fsp3) is 0. The first-order chi connectivity index (χ1) is 9.40. The van der Waals surface area contributed by atoms with Gasteiger partial charge in [0.15, 0.2) is 0 Å². The Kier molecular flexibility index (Phi) is 4.34. The van der Waals surface area contributed by atoms with E-state index in [4.69, 9.17) is 23.2 Å². The number of nitrogens with one attached hydrogen (secondary N) is 3. The SMILES string of the molecule is O=C(NNS(=O)(=O)c1ccccc1Cl)c1cc(Cl)c[nH]1. The van der Waals surface area contributed by atoms with E-state index < -0.39 is 15.9 Å². The number of benzene rings is 1. The number of H-pyrrole nitrogens is 1. The largest absolute Gasteiger partial charge is 0.356 e. The number of carbonyl (C=O) groups excluding carboxylic acids is 1. The number of aromatic amines is 1. The molecule has 1 aromatic heterocycles. The van der Waals surface area contributed by atoms with E-state index in [2.05, 4.69) is 10.4 Å². The highest BCUT2D eigenvalue weighted by molar-refractivity contribution is 7.89. The first kappa shape index (κ1) is 14.9. The van der Waals surface area contributed by atoms with Crippen LogP contribution in [-0.2, 0) is 10.0 Å². The third kappa shape index (κ3) is 3.31. The van der Waals surface area contributed by atoms with Crippen molar-refractivity contribution in [2.75, 3.05) is 0 Å². The van der Waals surface area contributed by atoms with Crippen LogP contribution in [0, 0.1) is 0 Å². The second-order valence-corrected chi connectivity index (χ2v) is 6.22. The van der Waals surface area contributed by atoms with E-state index in [9.17, 15) is 13.2 Å². The van der Waals surface area contributed by atoms with Crippen molar-refractivity contribution in [2.24, 2.45) is 0 Å². The Bertz CT molecular complexity index is 743. The Labute approximate surface area is 125 Å². The predicted molar refractivity (Wildman–Crippen MR) is 75.0 cm³/mol. The normalized spacial score (nSPS) is 11.3. The van der Waals surface area contributed by atoms with E-state index in [-0.39, 0.29) is 15.6 Å². The van der Waals surface area contributed by atoms with E-state index in [1.165, 1.54) is 30.5 Å². The van der Waals surface area contributed by atoms with E-state index in [1.807, 2.05) is 4.83 Å². The lowest BCUT2D eigenvalue weighted by molar-refractivity contribution is 0.0940. The molecule has 0 radical (unpaired) electrons. The fourth-order valence-electron chi connectivity index (χ4n) is 1.40. The average molecular weight is 334 g/mol. The van der Waals surface area contributed by atoms with Crippen molar-refractivity contribution in [2.45, 2.75) is 4.90 Å². The molecule has 2 aromatic rings. The zero-order chi connectivity index (χ0) is 14.8.